The molecule has 8 heteroatoms. The van der Waals surface area contributed by atoms with Gasteiger partial charge >= 0.3 is 0 Å². The summed E-state index contributed by atoms with van der Waals surface area (Å²) in [5.74, 6) is 2.22. The molecule has 0 aliphatic rings. The summed E-state index contributed by atoms with van der Waals surface area (Å²) in [7, 11) is 0. The van der Waals surface area contributed by atoms with Crippen molar-refractivity contribution in [2.45, 2.75) is 53.2 Å². The van der Waals surface area contributed by atoms with Crippen LogP contribution in [0.2, 0.25) is 0 Å². The molecule has 0 fully saturated rings. The van der Waals surface area contributed by atoms with Gasteiger partial charge in [0.1, 0.15) is 41.3 Å². The highest BCUT2D eigenvalue weighted by Crippen LogP contribution is 2.37. The number of nitrogens with zero attached hydrogens (tertiary/aromatic N) is 4. The minimum atomic E-state index is -0.464. The summed E-state index contributed by atoms with van der Waals surface area (Å²) in [6.45, 7) is 11.9. The lowest BCUT2D eigenvalue weighted by Gasteiger charge is -2.11. The van der Waals surface area contributed by atoms with Crippen molar-refractivity contribution >= 4 is 18.2 Å². The Morgan fingerprint density at radius 1 is 1.08 bits per heavy atom. The van der Waals surface area contributed by atoms with Crippen LogP contribution in [0.3, 0.4) is 0 Å². The van der Waals surface area contributed by atoms with Gasteiger partial charge in [0.25, 0.3) is 0 Å². The van der Waals surface area contributed by atoms with Gasteiger partial charge in [-0.25, -0.2) is 19.4 Å². The van der Waals surface area contributed by atoms with Crippen LogP contribution < -0.4 is 9.47 Å². The van der Waals surface area contributed by atoms with Crippen LogP contribution in [0.15, 0.2) is 66.0 Å². The molecule has 2 heterocycles. The number of aromatic nitrogens is 3. The third-order valence-corrected chi connectivity index (χ3v) is 5.97. The lowest BCUT2D eigenvalue weighted by Crippen LogP contribution is -2.00. The first-order valence-electron chi connectivity index (χ1n) is 12.6. The predicted octanol–water partition coefficient (Wildman–Crippen LogP) is 7.71. The van der Waals surface area contributed by atoms with Crippen molar-refractivity contribution in [3.63, 3.8) is 0 Å². The number of benzene rings is 2. The first-order valence-corrected chi connectivity index (χ1v) is 12.6. The second-order valence-electron chi connectivity index (χ2n) is 9.32. The maximum Gasteiger partial charge on any atom is 0.141 e. The maximum absolute atomic E-state index is 14.3. The normalized spacial score (nSPS) is 11.0. The first-order chi connectivity index (χ1) is 18.3. The molecule has 0 bridgehead atoms. The van der Waals surface area contributed by atoms with Gasteiger partial charge in [0.2, 0.25) is 0 Å². The van der Waals surface area contributed by atoms with Gasteiger partial charge in [0.05, 0.1) is 0 Å². The highest BCUT2D eigenvalue weighted by molar-refractivity contribution is 6.07. The molecular formula is C30H32FN5O2. The Morgan fingerprint density at radius 2 is 1.76 bits per heavy atom. The van der Waals surface area contributed by atoms with Gasteiger partial charge in [0, 0.05) is 71.7 Å². The zero-order valence-electron chi connectivity index (χ0n) is 22.2. The van der Waals surface area contributed by atoms with Gasteiger partial charge < -0.3 is 19.5 Å². The fraction of sp³-hybridized carbons (Fsp3) is 0.267. The quantitative estimate of drug-likeness (QED) is 0.208. The number of hydrogen-bond donors (Lipinski definition) is 1. The van der Waals surface area contributed by atoms with Gasteiger partial charge in [0.15, 0.2) is 0 Å². The first kappa shape index (κ1) is 26.7. The number of aliphatic imine (C=N–C) groups is 1. The van der Waals surface area contributed by atoms with Gasteiger partial charge in [-0.05, 0) is 51.6 Å². The molecule has 38 heavy (non-hydrogen) atoms. The van der Waals surface area contributed by atoms with Crippen LogP contribution >= 0.6 is 0 Å². The molecule has 0 atom stereocenters. The van der Waals surface area contributed by atoms with Crippen molar-refractivity contribution < 1.29 is 13.9 Å². The van der Waals surface area contributed by atoms with Crippen molar-refractivity contribution in [1.82, 2.24) is 14.5 Å². The highest BCUT2D eigenvalue weighted by atomic mass is 19.1. The fourth-order valence-electron chi connectivity index (χ4n) is 4.15. The minimum absolute atomic E-state index is 0.169. The molecule has 1 N–H and O–H groups in total. The largest absolute Gasteiger partial charge is 0.489 e. The van der Waals surface area contributed by atoms with Crippen molar-refractivity contribution in [2.24, 2.45) is 4.99 Å². The lowest BCUT2D eigenvalue weighted by atomic mass is 10.0. The summed E-state index contributed by atoms with van der Waals surface area (Å²) in [4.78, 5) is 12.8. The molecule has 4 aromatic rings. The van der Waals surface area contributed by atoms with E-state index in [9.17, 15) is 4.39 Å². The maximum atomic E-state index is 14.3. The van der Waals surface area contributed by atoms with Crippen LogP contribution in [0.1, 0.15) is 57.1 Å². The van der Waals surface area contributed by atoms with Gasteiger partial charge in [-0.1, -0.05) is 19.1 Å². The molecule has 0 saturated heterocycles. The Labute approximate surface area is 222 Å². The van der Waals surface area contributed by atoms with Crippen molar-refractivity contribution in [2.75, 3.05) is 0 Å². The average molecular weight is 514 g/mol. The average Bonchev–Trinajstić information content (AvgIpc) is 3.29. The summed E-state index contributed by atoms with van der Waals surface area (Å²) < 4.78 is 28.0. The van der Waals surface area contributed by atoms with E-state index < -0.39 is 5.82 Å². The molecule has 0 radical (unpaired) electrons. The number of hydrogen-bond acceptors (Lipinski definition) is 6. The minimum Gasteiger partial charge on any atom is -0.489 e. The summed E-state index contributed by atoms with van der Waals surface area (Å²) in [6, 6.07) is 11.9. The van der Waals surface area contributed by atoms with Gasteiger partial charge in [-0.2, -0.15) is 0 Å². The standard InChI is InChI=1S/C30H32FN5O2/c1-6-7-28-34-15-21(16-35-28)18-37-25-12-23(31)13-26(14-25)38-24-10-8-22(9-11-24)27-17-36(19(2)3)30(33-5)29(27)20(4)32/h8-17,19,32H,5-7,18H2,1-4H3. The molecule has 7 nitrogen and oxygen atoms in total. The van der Waals surface area contributed by atoms with E-state index in [2.05, 4.69) is 42.4 Å². The molecule has 0 unspecified atom stereocenters. The van der Waals surface area contributed by atoms with E-state index in [-0.39, 0.29) is 12.6 Å². The Bertz CT molecular complexity index is 1430. The van der Waals surface area contributed by atoms with E-state index in [1.54, 1.807) is 25.4 Å². The van der Waals surface area contributed by atoms with Crippen molar-refractivity contribution in [3.05, 3.63) is 83.8 Å². The molecule has 0 spiro atoms. The van der Waals surface area contributed by atoms with Crippen molar-refractivity contribution in [3.8, 4) is 28.4 Å². The van der Waals surface area contributed by atoms with Crippen LogP contribution in [0.4, 0.5) is 10.2 Å². The van der Waals surface area contributed by atoms with E-state index in [1.807, 2.05) is 35.0 Å². The second kappa shape index (κ2) is 11.8. The van der Waals surface area contributed by atoms with E-state index in [1.165, 1.54) is 12.1 Å². The number of halogens is 1. The third-order valence-electron chi connectivity index (χ3n) is 5.97. The van der Waals surface area contributed by atoms with E-state index in [4.69, 9.17) is 14.9 Å². The number of ether oxygens (including phenoxy) is 2. The monoisotopic (exact) mass is 513 g/mol. The van der Waals surface area contributed by atoms with E-state index >= 15 is 0 Å². The molecule has 0 aliphatic carbocycles. The van der Waals surface area contributed by atoms with Crippen LogP contribution in [-0.4, -0.2) is 27.0 Å². The fourth-order valence-corrected chi connectivity index (χ4v) is 4.15. The smallest absolute Gasteiger partial charge is 0.141 e. The molecule has 0 aliphatic heterocycles. The second-order valence-corrected chi connectivity index (χ2v) is 9.32. The Hall–Kier alpha value is -4.33. The zero-order valence-corrected chi connectivity index (χ0v) is 22.2. The van der Waals surface area contributed by atoms with Crippen LogP contribution in [0, 0.1) is 11.2 Å². The SMILES string of the molecule is C=Nc1c(C(C)=N)c(-c2ccc(Oc3cc(F)cc(OCc4cnc(CCC)nc4)c3)cc2)cn1C(C)C. The lowest BCUT2D eigenvalue weighted by molar-refractivity contribution is 0.301. The molecule has 4 rings (SSSR count). The van der Waals surface area contributed by atoms with Crippen LogP contribution in [0.5, 0.6) is 17.2 Å². The number of rotatable bonds is 11. The number of nitrogens with one attached hydrogen (secondary N) is 1. The highest BCUT2D eigenvalue weighted by Gasteiger charge is 2.19. The van der Waals surface area contributed by atoms with E-state index in [0.717, 1.165) is 40.9 Å². The summed E-state index contributed by atoms with van der Waals surface area (Å²) in [5, 5.41) is 8.29. The Balaban J connectivity index is 1.50. The van der Waals surface area contributed by atoms with Crippen LogP contribution in [-0.2, 0) is 13.0 Å². The Morgan fingerprint density at radius 3 is 2.37 bits per heavy atom. The van der Waals surface area contributed by atoms with Gasteiger partial charge in [-0.15, -0.1) is 0 Å². The molecule has 0 amide bonds. The third kappa shape index (κ3) is 6.14. The van der Waals surface area contributed by atoms with Crippen molar-refractivity contribution in [1.29, 1.82) is 5.41 Å². The summed E-state index contributed by atoms with van der Waals surface area (Å²) in [5.41, 5.74) is 3.78. The van der Waals surface area contributed by atoms with Crippen LogP contribution in [0.25, 0.3) is 11.1 Å². The van der Waals surface area contributed by atoms with Gasteiger partial charge in [-0.3, -0.25) is 0 Å². The summed E-state index contributed by atoms with van der Waals surface area (Å²) >= 11 is 0. The Kier molecular flexibility index (Phi) is 8.31. The number of aryl methyl sites for hydroxylation is 1. The molecule has 196 valence electrons. The summed E-state index contributed by atoms with van der Waals surface area (Å²) in [6.07, 6.45) is 7.26. The topological polar surface area (TPSA) is 85.4 Å². The molecule has 0 saturated carbocycles. The molecular weight excluding hydrogens is 481 g/mol. The molecule has 2 aromatic carbocycles. The van der Waals surface area contributed by atoms with E-state index in [0.29, 0.717) is 28.8 Å². The predicted molar refractivity (Wildman–Crippen MR) is 149 cm³/mol. The molecule has 2 aromatic heterocycles. The zero-order chi connectivity index (χ0) is 27.2.